The lowest BCUT2D eigenvalue weighted by molar-refractivity contribution is -0.120. The standard InChI is InChI=1S/C23H23FN4O5S/c1-32-10-9-25-20(29)12-15-13-34-23(26-15)28-22(31)27-18-11-14(24)7-8-16(18)21(30)17-5-3-4-6-19(17)33-2/h3-8,11,13H,9-10,12H2,1-2H3,(H,25,29)(H2,26,27,28,31). The van der Waals surface area contributed by atoms with E-state index in [-0.39, 0.29) is 34.3 Å². The van der Waals surface area contributed by atoms with Gasteiger partial charge in [-0.15, -0.1) is 11.3 Å². The second kappa shape index (κ2) is 11.9. The molecule has 9 nitrogen and oxygen atoms in total. The third-order valence-corrected chi connectivity index (χ3v) is 5.37. The summed E-state index contributed by atoms with van der Waals surface area (Å²) in [7, 11) is 2.98. The average molecular weight is 487 g/mol. The van der Waals surface area contributed by atoms with Gasteiger partial charge in [-0.3, -0.25) is 14.9 Å². The van der Waals surface area contributed by atoms with Crippen LogP contribution < -0.4 is 20.7 Å². The van der Waals surface area contributed by atoms with Gasteiger partial charge in [-0.25, -0.2) is 14.2 Å². The number of nitrogens with one attached hydrogen (secondary N) is 3. The summed E-state index contributed by atoms with van der Waals surface area (Å²) < 4.78 is 24.0. The molecule has 0 radical (unpaired) electrons. The largest absolute Gasteiger partial charge is 0.496 e. The van der Waals surface area contributed by atoms with Crippen molar-refractivity contribution >= 4 is 39.9 Å². The highest BCUT2D eigenvalue weighted by molar-refractivity contribution is 7.14. The molecule has 0 fully saturated rings. The van der Waals surface area contributed by atoms with Crippen molar-refractivity contribution in [2.75, 3.05) is 38.0 Å². The Morgan fingerprint density at radius 2 is 1.85 bits per heavy atom. The predicted octanol–water partition coefficient (Wildman–Crippen LogP) is 3.47. The number of hydrogen-bond donors (Lipinski definition) is 3. The van der Waals surface area contributed by atoms with Crippen molar-refractivity contribution < 1.29 is 28.2 Å². The molecule has 178 valence electrons. The van der Waals surface area contributed by atoms with Gasteiger partial charge in [0.1, 0.15) is 11.6 Å². The molecule has 0 unspecified atom stereocenters. The number of halogens is 1. The van der Waals surface area contributed by atoms with Gasteiger partial charge in [0, 0.05) is 24.6 Å². The number of nitrogens with zero attached hydrogens (tertiary/aromatic N) is 1. The van der Waals surface area contributed by atoms with Crippen LogP contribution in [0.2, 0.25) is 0 Å². The number of thiazole rings is 1. The van der Waals surface area contributed by atoms with Crippen molar-refractivity contribution in [3.05, 3.63) is 70.5 Å². The molecule has 1 heterocycles. The number of carbonyl (C=O) groups excluding carboxylic acids is 3. The monoisotopic (exact) mass is 486 g/mol. The van der Waals surface area contributed by atoms with E-state index in [9.17, 15) is 18.8 Å². The molecule has 0 atom stereocenters. The summed E-state index contributed by atoms with van der Waals surface area (Å²) >= 11 is 1.13. The first kappa shape index (κ1) is 24.8. The zero-order valence-corrected chi connectivity index (χ0v) is 19.3. The van der Waals surface area contributed by atoms with Gasteiger partial charge >= 0.3 is 6.03 Å². The first-order valence-electron chi connectivity index (χ1n) is 10.2. The normalized spacial score (nSPS) is 10.4. The fourth-order valence-electron chi connectivity index (χ4n) is 3.01. The van der Waals surface area contributed by atoms with Gasteiger partial charge in [-0.2, -0.15) is 0 Å². The van der Waals surface area contributed by atoms with E-state index in [2.05, 4.69) is 20.9 Å². The Labute approximate surface area is 199 Å². The number of rotatable bonds is 10. The summed E-state index contributed by atoms with van der Waals surface area (Å²) in [6.45, 7) is 0.786. The molecule has 1 aromatic heterocycles. The predicted molar refractivity (Wildman–Crippen MR) is 126 cm³/mol. The molecule has 3 rings (SSSR count). The fraction of sp³-hybridized carbons (Fsp3) is 0.217. The summed E-state index contributed by atoms with van der Waals surface area (Å²) in [5.74, 6) is -0.932. The van der Waals surface area contributed by atoms with Crippen LogP contribution in [-0.4, -0.2) is 50.1 Å². The fourth-order valence-corrected chi connectivity index (χ4v) is 3.72. The SMILES string of the molecule is COCCNC(=O)Cc1csc(NC(=O)Nc2cc(F)ccc2C(=O)c2ccccc2OC)n1. The molecule has 0 aliphatic rings. The minimum atomic E-state index is -0.717. The van der Waals surface area contributed by atoms with Gasteiger partial charge in [0.25, 0.3) is 0 Å². The number of benzene rings is 2. The second-order valence-electron chi connectivity index (χ2n) is 6.96. The minimum Gasteiger partial charge on any atom is -0.496 e. The van der Waals surface area contributed by atoms with E-state index in [1.807, 2.05) is 0 Å². The minimum absolute atomic E-state index is 0.0114. The number of methoxy groups -OCH3 is 2. The first-order chi connectivity index (χ1) is 16.4. The van der Waals surface area contributed by atoms with Crippen LogP contribution in [0.15, 0.2) is 47.8 Å². The number of hydrogen-bond acceptors (Lipinski definition) is 7. The van der Waals surface area contributed by atoms with Crippen LogP contribution in [0.3, 0.4) is 0 Å². The topological polar surface area (TPSA) is 119 Å². The van der Waals surface area contributed by atoms with Crippen LogP contribution in [0.5, 0.6) is 5.75 Å². The number of ketones is 1. The van der Waals surface area contributed by atoms with Crippen LogP contribution >= 0.6 is 11.3 Å². The summed E-state index contributed by atoms with van der Waals surface area (Å²) in [6.07, 6.45) is 0.0466. The Kier molecular flexibility index (Phi) is 8.66. The molecule has 0 saturated heterocycles. The lowest BCUT2D eigenvalue weighted by Gasteiger charge is -2.12. The molecule has 34 heavy (non-hydrogen) atoms. The Balaban J connectivity index is 1.69. The number of urea groups is 1. The molecule has 0 bridgehead atoms. The van der Waals surface area contributed by atoms with Crippen molar-refractivity contribution in [1.29, 1.82) is 0 Å². The summed E-state index contributed by atoms with van der Waals surface area (Å²) in [5.41, 5.74) is 0.831. The van der Waals surface area contributed by atoms with Gasteiger partial charge in [0.05, 0.1) is 37.1 Å². The number of amides is 3. The maximum atomic E-state index is 13.9. The van der Waals surface area contributed by atoms with Crippen molar-refractivity contribution in [1.82, 2.24) is 10.3 Å². The molecule has 2 aromatic carbocycles. The molecule has 11 heteroatoms. The summed E-state index contributed by atoms with van der Waals surface area (Å²) in [5, 5.41) is 9.59. The van der Waals surface area contributed by atoms with Gasteiger partial charge in [0.15, 0.2) is 10.9 Å². The third kappa shape index (κ3) is 6.59. The number of para-hydroxylation sites is 1. The molecule has 3 aromatic rings. The Morgan fingerprint density at radius 1 is 1.06 bits per heavy atom. The van der Waals surface area contributed by atoms with Gasteiger partial charge in [-0.1, -0.05) is 12.1 Å². The smallest absolute Gasteiger partial charge is 0.325 e. The third-order valence-electron chi connectivity index (χ3n) is 4.57. The van der Waals surface area contributed by atoms with Gasteiger partial charge in [-0.05, 0) is 30.3 Å². The maximum absolute atomic E-state index is 13.9. The number of ether oxygens (including phenoxy) is 2. The first-order valence-corrected chi connectivity index (χ1v) is 11.0. The lowest BCUT2D eigenvalue weighted by Crippen LogP contribution is -2.28. The van der Waals surface area contributed by atoms with Crippen LogP contribution in [0, 0.1) is 5.82 Å². The summed E-state index contributed by atoms with van der Waals surface area (Å²) in [4.78, 5) is 41.7. The van der Waals surface area contributed by atoms with E-state index in [0.29, 0.717) is 24.6 Å². The van der Waals surface area contributed by atoms with E-state index in [4.69, 9.17) is 9.47 Å². The van der Waals surface area contributed by atoms with Crippen LogP contribution in [0.4, 0.5) is 20.0 Å². The highest BCUT2D eigenvalue weighted by Gasteiger charge is 2.20. The van der Waals surface area contributed by atoms with Gasteiger partial charge < -0.3 is 20.1 Å². The molecule has 3 N–H and O–H groups in total. The van der Waals surface area contributed by atoms with Crippen molar-refractivity contribution in [3.8, 4) is 5.75 Å². The van der Waals surface area contributed by atoms with Crippen molar-refractivity contribution in [3.63, 3.8) is 0 Å². The van der Waals surface area contributed by atoms with Crippen molar-refractivity contribution in [2.45, 2.75) is 6.42 Å². The zero-order valence-electron chi connectivity index (χ0n) is 18.5. The van der Waals surface area contributed by atoms with Crippen LogP contribution in [0.1, 0.15) is 21.6 Å². The van der Waals surface area contributed by atoms with E-state index in [1.54, 1.807) is 29.6 Å². The number of anilines is 2. The Hall–Kier alpha value is -3.83. The molecule has 0 saturated carbocycles. The number of carbonyl (C=O) groups is 3. The zero-order chi connectivity index (χ0) is 24.5. The molecular formula is C23H23FN4O5S. The Bertz CT molecular complexity index is 1180. The number of aromatic nitrogens is 1. The van der Waals surface area contributed by atoms with Crippen molar-refractivity contribution in [2.24, 2.45) is 0 Å². The van der Waals surface area contributed by atoms with Gasteiger partial charge in [0.2, 0.25) is 5.91 Å². The highest BCUT2D eigenvalue weighted by atomic mass is 32.1. The lowest BCUT2D eigenvalue weighted by atomic mass is 10.0. The summed E-state index contributed by atoms with van der Waals surface area (Å²) in [6, 6.07) is 9.38. The van der Waals surface area contributed by atoms with E-state index >= 15 is 0 Å². The molecule has 0 spiro atoms. The van der Waals surface area contributed by atoms with E-state index in [1.165, 1.54) is 20.3 Å². The second-order valence-corrected chi connectivity index (χ2v) is 7.82. The Morgan fingerprint density at radius 3 is 2.62 bits per heavy atom. The molecule has 0 aliphatic carbocycles. The highest BCUT2D eigenvalue weighted by Crippen LogP contribution is 2.26. The molecule has 3 amide bonds. The quantitative estimate of drug-likeness (QED) is 0.298. The maximum Gasteiger partial charge on any atom is 0.325 e. The van der Waals surface area contributed by atoms with Crippen LogP contribution in [-0.2, 0) is 16.0 Å². The average Bonchev–Trinajstić information content (AvgIpc) is 3.25. The van der Waals surface area contributed by atoms with E-state index < -0.39 is 17.6 Å². The molecule has 0 aliphatic heterocycles. The molecular weight excluding hydrogens is 463 g/mol. The van der Waals surface area contributed by atoms with E-state index in [0.717, 1.165) is 23.5 Å². The van der Waals surface area contributed by atoms with Crippen LogP contribution in [0.25, 0.3) is 0 Å².